The lowest BCUT2D eigenvalue weighted by atomic mass is 9.99. The van der Waals surface area contributed by atoms with E-state index in [2.05, 4.69) is 10.6 Å². The molecule has 0 unspecified atom stereocenters. The van der Waals surface area contributed by atoms with E-state index in [-0.39, 0.29) is 11.8 Å². The smallest absolute Gasteiger partial charge is 0.258 e. The van der Waals surface area contributed by atoms with E-state index < -0.39 is 0 Å². The molecule has 3 aromatic rings. The van der Waals surface area contributed by atoms with Crippen molar-refractivity contribution >= 4 is 46.2 Å². The van der Waals surface area contributed by atoms with Crippen molar-refractivity contribution in [1.29, 1.82) is 0 Å². The number of carbonyl (C=O) groups is 2. The summed E-state index contributed by atoms with van der Waals surface area (Å²) in [6.07, 6.45) is 0. The summed E-state index contributed by atoms with van der Waals surface area (Å²) in [5.41, 5.74) is 4.82. The third-order valence-electron chi connectivity index (χ3n) is 6.28. The van der Waals surface area contributed by atoms with Crippen molar-refractivity contribution in [3.8, 4) is 11.5 Å². The first-order chi connectivity index (χ1) is 17.6. The van der Waals surface area contributed by atoms with E-state index in [0.717, 1.165) is 41.4 Å². The zero-order chi connectivity index (χ0) is 25.1. The molecule has 0 spiro atoms. The van der Waals surface area contributed by atoms with Gasteiger partial charge >= 0.3 is 0 Å². The largest absolute Gasteiger partial charge is 0.493 e. The Labute approximate surface area is 214 Å². The average Bonchev–Trinajstić information content (AvgIpc) is 3.26. The number of carbonyl (C=O) groups excluding carboxylic acids is 2. The standard InChI is InChI=1S/C28H27N3O4S/c1-34-23-16-21-22(17-24(23)35-2)30-27(32)25(21)26(18-6-4-3-5-7-18)29-20-10-8-19(9-11-20)28(33)31-12-14-36-15-13-31/h3-11,16-17,29H,12-15H2,1-2H3,(H,30,32)/b26-25-. The monoisotopic (exact) mass is 501 g/mol. The van der Waals surface area contributed by atoms with Crippen molar-refractivity contribution in [3.63, 3.8) is 0 Å². The molecular formula is C28H27N3O4S. The Bertz CT molecular complexity index is 1320. The molecule has 0 saturated carbocycles. The lowest BCUT2D eigenvalue weighted by Gasteiger charge is -2.26. The SMILES string of the molecule is COc1cc2c(cc1OC)/C(=C(/Nc1ccc(C(=O)N3CCSCC3)cc1)c1ccccc1)C(=O)N2. The Morgan fingerprint density at radius 3 is 2.25 bits per heavy atom. The van der Waals surface area contributed by atoms with Crippen molar-refractivity contribution in [2.24, 2.45) is 0 Å². The predicted molar refractivity (Wildman–Crippen MR) is 145 cm³/mol. The number of hydrogen-bond acceptors (Lipinski definition) is 6. The van der Waals surface area contributed by atoms with Gasteiger partial charge in [-0.25, -0.2) is 0 Å². The normalized spacial score (nSPS) is 16.2. The highest BCUT2D eigenvalue weighted by Crippen LogP contribution is 2.43. The van der Waals surface area contributed by atoms with Gasteiger partial charge in [0, 0.05) is 47.5 Å². The number of nitrogens with zero attached hydrogens (tertiary/aromatic N) is 1. The summed E-state index contributed by atoms with van der Waals surface area (Å²) in [5.74, 6) is 2.85. The minimum absolute atomic E-state index is 0.0497. The van der Waals surface area contributed by atoms with Crippen LogP contribution in [0.2, 0.25) is 0 Å². The number of fused-ring (bicyclic) bond motifs is 1. The van der Waals surface area contributed by atoms with E-state index in [1.54, 1.807) is 20.3 Å². The Kier molecular flexibility index (Phi) is 6.86. The van der Waals surface area contributed by atoms with Crippen LogP contribution in [-0.2, 0) is 4.79 Å². The Balaban J connectivity index is 1.53. The van der Waals surface area contributed by atoms with Crippen LogP contribution in [0.1, 0.15) is 21.5 Å². The van der Waals surface area contributed by atoms with Crippen LogP contribution in [0, 0.1) is 0 Å². The quantitative estimate of drug-likeness (QED) is 0.471. The highest BCUT2D eigenvalue weighted by molar-refractivity contribution is 7.99. The first-order valence-corrected chi connectivity index (χ1v) is 12.9. The zero-order valence-corrected chi connectivity index (χ0v) is 21.0. The molecule has 7 nitrogen and oxygen atoms in total. The summed E-state index contributed by atoms with van der Waals surface area (Å²) in [6.45, 7) is 1.55. The van der Waals surface area contributed by atoms with Crippen molar-refractivity contribution in [3.05, 3.63) is 83.4 Å². The number of amides is 2. The number of thioether (sulfide) groups is 1. The van der Waals surface area contributed by atoms with Crippen LogP contribution in [0.25, 0.3) is 11.3 Å². The topological polar surface area (TPSA) is 79.9 Å². The molecule has 5 rings (SSSR count). The van der Waals surface area contributed by atoms with Gasteiger partial charge in [0.2, 0.25) is 0 Å². The number of hydrogen-bond donors (Lipinski definition) is 2. The summed E-state index contributed by atoms with van der Waals surface area (Å²) in [5, 5.41) is 6.38. The second-order valence-corrected chi connectivity index (χ2v) is 9.65. The average molecular weight is 502 g/mol. The molecule has 184 valence electrons. The molecule has 2 heterocycles. The van der Waals surface area contributed by atoms with Crippen LogP contribution >= 0.6 is 11.8 Å². The van der Waals surface area contributed by atoms with Crippen LogP contribution < -0.4 is 20.1 Å². The highest BCUT2D eigenvalue weighted by atomic mass is 32.2. The molecular weight excluding hydrogens is 474 g/mol. The molecule has 0 aromatic heterocycles. The molecule has 0 atom stereocenters. The summed E-state index contributed by atoms with van der Waals surface area (Å²) < 4.78 is 10.9. The molecule has 0 radical (unpaired) electrons. The number of methoxy groups -OCH3 is 2. The second kappa shape index (κ2) is 10.4. The molecule has 1 saturated heterocycles. The first-order valence-electron chi connectivity index (χ1n) is 11.7. The third kappa shape index (κ3) is 4.64. The molecule has 2 amide bonds. The van der Waals surface area contributed by atoms with Gasteiger partial charge in [-0.1, -0.05) is 30.3 Å². The maximum absolute atomic E-state index is 13.2. The fourth-order valence-corrected chi connectivity index (χ4v) is 5.32. The lowest BCUT2D eigenvalue weighted by molar-refractivity contribution is -0.110. The first kappa shape index (κ1) is 23.8. The van der Waals surface area contributed by atoms with E-state index in [4.69, 9.17) is 9.47 Å². The van der Waals surface area contributed by atoms with Gasteiger partial charge in [-0.2, -0.15) is 11.8 Å². The fraction of sp³-hybridized carbons (Fsp3) is 0.214. The molecule has 2 N–H and O–H groups in total. The van der Waals surface area contributed by atoms with Crippen molar-refractivity contribution < 1.29 is 19.1 Å². The van der Waals surface area contributed by atoms with Gasteiger partial charge in [0.1, 0.15) is 0 Å². The minimum Gasteiger partial charge on any atom is -0.493 e. The predicted octanol–water partition coefficient (Wildman–Crippen LogP) is 4.83. The summed E-state index contributed by atoms with van der Waals surface area (Å²) in [4.78, 5) is 28.0. The maximum atomic E-state index is 13.2. The Hall–Kier alpha value is -3.91. The van der Waals surface area contributed by atoms with Gasteiger partial charge in [-0.3, -0.25) is 9.59 Å². The minimum atomic E-state index is -0.221. The number of ether oxygens (including phenoxy) is 2. The third-order valence-corrected chi connectivity index (χ3v) is 7.22. The van der Waals surface area contributed by atoms with E-state index in [1.165, 1.54) is 0 Å². The summed E-state index contributed by atoms with van der Waals surface area (Å²) in [7, 11) is 3.13. The molecule has 0 bridgehead atoms. The van der Waals surface area contributed by atoms with Crippen LogP contribution in [0.15, 0.2) is 66.7 Å². The van der Waals surface area contributed by atoms with Crippen LogP contribution in [0.4, 0.5) is 11.4 Å². The number of rotatable bonds is 6. The van der Waals surface area contributed by atoms with Crippen LogP contribution in [0.5, 0.6) is 11.5 Å². The highest BCUT2D eigenvalue weighted by Gasteiger charge is 2.30. The van der Waals surface area contributed by atoms with E-state index in [9.17, 15) is 9.59 Å². The summed E-state index contributed by atoms with van der Waals surface area (Å²) >= 11 is 1.87. The molecule has 2 aliphatic rings. The molecule has 36 heavy (non-hydrogen) atoms. The Morgan fingerprint density at radius 1 is 0.917 bits per heavy atom. The molecule has 0 aliphatic carbocycles. The number of anilines is 2. The van der Waals surface area contributed by atoms with Gasteiger partial charge in [0.25, 0.3) is 11.8 Å². The van der Waals surface area contributed by atoms with E-state index >= 15 is 0 Å². The van der Waals surface area contributed by atoms with Gasteiger partial charge in [0.15, 0.2) is 11.5 Å². The van der Waals surface area contributed by atoms with Crippen molar-refractivity contribution in [2.75, 3.05) is 49.4 Å². The Morgan fingerprint density at radius 2 is 1.58 bits per heavy atom. The van der Waals surface area contributed by atoms with Gasteiger partial charge < -0.3 is 25.0 Å². The fourth-order valence-electron chi connectivity index (χ4n) is 4.42. The van der Waals surface area contributed by atoms with E-state index in [1.807, 2.05) is 77.3 Å². The summed E-state index contributed by atoms with van der Waals surface area (Å²) in [6, 6.07) is 20.7. The number of benzene rings is 3. The van der Waals surface area contributed by atoms with Gasteiger partial charge in [-0.05, 0) is 35.9 Å². The maximum Gasteiger partial charge on any atom is 0.258 e. The lowest BCUT2D eigenvalue weighted by Crippen LogP contribution is -2.37. The van der Waals surface area contributed by atoms with Crippen LogP contribution in [-0.4, -0.2) is 55.5 Å². The molecule has 1 fully saturated rings. The van der Waals surface area contributed by atoms with E-state index in [0.29, 0.717) is 34.0 Å². The van der Waals surface area contributed by atoms with Crippen LogP contribution in [0.3, 0.4) is 0 Å². The van der Waals surface area contributed by atoms with Gasteiger partial charge in [-0.15, -0.1) is 0 Å². The van der Waals surface area contributed by atoms with Gasteiger partial charge in [0.05, 0.1) is 31.2 Å². The molecule has 2 aliphatic heterocycles. The molecule has 8 heteroatoms. The van der Waals surface area contributed by atoms with Crippen molar-refractivity contribution in [2.45, 2.75) is 0 Å². The second-order valence-electron chi connectivity index (χ2n) is 8.43. The zero-order valence-electron chi connectivity index (χ0n) is 20.2. The van der Waals surface area contributed by atoms with Crippen molar-refractivity contribution in [1.82, 2.24) is 4.90 Å². The molecule has 3 aromatic carbocycles. The number of nitrogens with one attached hydrogen (secondary N) is 2.